The fourth-order valence-corrected chi connectivity index (χ4v) is 7.75. The van der Waals surface area contributed by atoms with Crippen LogP contribution in [-0.4, -0.2) is 55.9 Å². The molecule has 236 valence electrons. The van der Waals surface area contributed by atoms with Crippen molar-refractivity contribution in [3.63, 3.8) is 0 Å². The maximum Gasteiger partial charge on any atom is 0.262 e. The van der Waals surface area contributed by atoms with Gasteiger partial charge in [-0.15, -0.1) is 0 Å². The second kappa shape index (κ2) is 13.3. The largest absolute Gasteiger partial charge is 0.368 e. The van der Waals surface area contributed by atoms with Crippen LogP contribution in [0.2, 0.25) is 5.02 Å². The summed E-state index contributed by atoms with van der Waals surface area (Å²) in [5.74, 6) is 0.964. The summed E-state index contributed by atoms with van der Waals surface area (Å²) in [6.07, 6.45) is 4.98. The van der Waals surface area contributed by atoms with Gasteiger partial charge in [0.1, 0.15) is 5.65 Å². The van der Waals surface area contributed by atoms with Gasteiger partial charge in [0.05, 0.1) is 21.6 Å². The summed E-state index contributed by atoms with van der Waals surface area (Å²) in [5, 5.41) is 1.66. The minimum Gasteiger partial charge on any atom is -0.368 e. The summed E-state index contributed by atoms with van der Waals surface area (Å²) in [4.78, 5) is 53.8. The summed E-state index contributed by atoms with van der Waals surface area (Å²) < 4.78 is 3.21. The highest BCUT2D eigenvalue weighted by Crippen LogP contribution is 2.33. The Morgan fingerprint density at radius 1 is 0.870 bits per heavy atom. The molecule has 11 heteroatoms. The lowest BCUT2D eigenvalue weighted by Gasteiger charge is -2.39. The number of piperazine rings is 1. The molecule has 9 nitrogen and oxygen atoms in total. The Morgan fingerprint density at radius 2 is 1.61 bits per heavy atom. The number of hydrogen-bond acceptors (Lipinski definition) is 7. The minimum absolute atomic E-state index is 0.0350. The molecule has 0 bridgehead atoms. The van der Waals surface area contributed by atoms with Crippen LogP contribution in [-0.2, 0) is 17.1 Å². The Balaban J connectivity index is 1.02. The quantitative estimate of drug-likeness (QED) is 0.169. The molecule has 0 radical (unpaired) electrons. The van der Waals surface area contributed by atoms with Gasteiger partial charge >= 0.3 is 0 Å². The second-order valence-corrected chi connectivity index (χ2v) is 13.5. The normalized spacial score (nSPS) is 18.7. The van der Waals surface area contributed by atoms with E-state index in [0.717, 1.165) is 51.9 Å². The maximum atomic E-state index is 13.8. The van der Waals surface area contributed by atoms with Gasteiger partial charge in [-0.25, -0.2) is 9.97 Å². The molecule has 1 saturated heterocycles. The van der Waals surface area contributed by atoms with Crippen LogP contribution in [0.15, 0.2) is 93.7 Å². The number of halogens is 1. The third kappa shape index (κ3) is 6.41. The highest BCUT2D eigenvalue weighted by molar-refractivity contribution is 7.98. The molecule has 4 heterocycles. The Labute approximate surface area is 275 Å². The van der Waals surface area contributed by atoms with Crippen molar-refractivity contribution in [3.8, 4) is 0 Å². The van der Waals surface area contributed by atoms with E-state index >= 15 is 0 Å². The van der Waals surface area contributed by atoms with Crippen LogP contribution < -0.4 is 16.0 Å². The first kappa shape index (κ1) is 30.5. The molecule has 2 aliphatic rings. The molecule has 0 atom stereocenters. The van der Waals surface area contributed by atoms with E-state index in [-0.39, 0.29) is 28.9 Å². The van der Waals surface area contributed by atoms with Crippen molar-refractivity contribution in [1.82, 2.24) is 23.8 Å². The monoisotopic (exact) mass is 654 g/mol. The van der Waals surface area contributed by atoms with Gasteiger partial charge in [-0.3, -0.25) is 23.4 Å². The van der Waals surface area contributed by atoms with Gasteiger partial charge in [0.15, 0.2) is 5.16 Å². The van der Waals surface area contributed by atoms with Crippen molar-refractivity contribution in [2.45, 2.75) is 43.1 Å². The average Bonchev–Trinajstić information content (AvgIpc) is 3.09. The van der Waals surface area contributed by atoms with E-state index in [9.17, 15) is 14.4 Å². The van der Waals surface area contributed by atoms with Crippen molar-refractivity contribution >= 4 is 51.5 Å². The molecule has 0 unspecified atom stereocenters. The lowest BCUT2D eigenvalue weighted by atomic mass is 9.81. The van der Waals surface area contributed by atoms with Crippen LogP contribution in [0.3, 0.4) is 0 Å². The number of para-hydroxylation sites is 2. The molecule has 1 aliphatic heterocycles. The average molecular weight is 655 g/mol. The van der Waals surface area contributed by atoms with Crippen molar-refractivity contribution < 1.29 is 4.79 Å². The lowest BCUT2D eigenvalue weighted by Crippen LogP contribution is -2.50. The zero-order valence-corrected chi connectivity index (χ0v) is 27.0. The zero-order chi connectivity index (χ0) is 31.6. The number of rotatable bonds is 7. The molecule has 0 spiro atoms. The molecule has 1 saturated carbocycles. The van der Waals surface area contributed by atoms with Crippen LogP contribution in [0.1, 0.15) is 31.4 Å². The van der Waals surface area contributed by atoms with Gasteiger partial charge in [-0.05, 0) is 68.0 Å². The first-order chi connectivity index (χ1) is 22.4. The molecule has 7 rings (SSSR count). The van der Waals surface area contributed by atoms with Crippen molar-refractivity contribution in [2.24, 2.45) is 11.8 Å². The first-order valence-corrected chi connectivity index (χ1v) is 17.2. The molecule has 1 aliphatic carbocycles. The van der Waals surface area contributed by atoms with Gasteiger partial charge in [0.2, 0.25) is 5.91 Å². The number of benzene rings is 2. The van der Waals surface area contributed by atoms with Gasteiger partial charge in [-0.1, -0.05) is 53.7 Å². The summed E-state index contributed by atoms with van der Waals surface area (Å²) in [6, 6.07) is 22.7. The molecular weight excluding hydrogens is 620 g/mol. The molecule has 2 fully saturated rings. The predicted molar refractivity (Wildman–Crippen MR) is 183 cm³/mol. The van der Waals surface area contributed by atoms with Crippen molar-refractivity contribution in [1.29, 1.82) is 0 Å². The van der Waals surface area contributed by atoms with Crippen molar-refractivity contribution in [3.05, 3.63) is 110 Å². The molecule has 2 aromatic carbocycles. The number of pyridine rings is 1. The Bertz CT molecular complexity index is 2000. The molecule has 5 aromatic rings. The molecule has 3 aromatic heterocycles. The topological polar surface area (TPSA) is 92.8 Å². The number of anilines is 1. The summed E-state index contributed by atoms with van der Waals surface area (Å²) >= 11 is 7.47. The minimum atomic E-state index is -0.212. The predicted octanol–water partition coefficient (Wildman–Crippen LogP) is 5.51. The molecule has 0 N–H and O–H groups in total. The molecule has 46 heavy (non-hydrogen) atoms. The van der Waals surface area contributed by atoms with E-state index in [0.29, 0.717) is 44.7 Å². The number of amides is 1. The number of carbonyl (C=O) groups is 1. The number of fused-ring (bicyclic) bond motifs is 2. The van der Waals surface area contributed by atoms with E-state index in [2.05, 4.69) is 34.1 Å². The highest BCUT2D eigenvalue weighted by atomic mass is 35.5. The number of nitrogens with zero attached hydrogens (tertiary/aromatic N) is 6. The van der Waals surface area contributed by atoms with E-state index in [4.69, 9.17) is 16.6 Å². The summed E-state index contributed by atoms with van der Waals surface area (Å²) in [6.45, 7) is 3.74. The van der Waals surface area contributed by atoms with Crippen LogP contribution in [0.5, 0.6) is 0 Å². The first-order valence-electron chi connectivity index (χ1n) is 15.8. The number of carbonyl (C=O) groups excluding carboxylic acids is 1. The molecule has 1 amide bonds. The Kier molecular flexibility index (Phi) is 8.82. The van der Waals surface area contributed by atoms with E-state index in [1.54, 1.807) is 22.9 Å². The van der Waals surface area contributed by atoms with Crippen LogP contribution >= 0.6 is 23.4 Å². The third-order valence-electron chi connectivity index (χ3n) is 9.20. The Hall–Kier alpha value is -4.15. The van der Waals surface area contributed by atoms with Gasteiger partial charge in [0, 0.05) is 62.3 Å². The fraction of sp³-hybridized carbons (Fsp3) is 0.343. The summed E-state index contributed by atoms with van der Waals surface area (Å²) in [7, 11) is 0. The third-order valence-corrected chi connectivity index (χ3v) is 10.4. The molecular formula is C35H35ClN6O3S. The van der Waals surface area contributed by atoms with E-state index in [1.807, 2.05) is 35.2 Å². The standard InChI is InChI=1S/C35H35ClN6O3S/c36-26-14-15-31-37-27(20-32(43)41(31)22-26)23-46-35-38-30-9-5-4-8-29(30)34(45)42(35)21-24-10-12-25(13-11-24)33(44)40-18-16-39(17-19-40)28-6-2-1-3-7-28/h1-9,14-15,20,22,24-25H,10-13,16-19,21,23H2. The fourth-order valence-electron chi connectivity index (χ4n) is 6.69. The second-order valence-electron chi connectivity index (χ2n) is 12.1. The van der Waals surface area contributed by atoms with Crippen LogP contribution in [0.4, 0.5) is 5.69 Å². The van der Waals surface area contributed by atoms with Gasteiger partial charge in [0.25, 0.3) is 11.1 Å². The smallest absolute Gasteiger partial charge is 0.262 e. The van der Waals surface area contributed by atoms with Crippen LogP contribution in [0.25, 0.3) is 16.6 Å². The zero-order valence-electron chi connectivity index (χ0n) is 25.4. The highest BCUT2D eigenvalue weighted by Gasteiger charge is 2.32. The van der Waals surface area contributed by atoms with Gasteiger partial charge < -0.3 is 9.80 Å². The number of aromatic nitrogens is 4. The number of thioether (sulfide) groups is 1. The SMILES string of the molecule is O=C(C1CCC(Cn2c(SCc3cc(=O)n4cc(Cl)ccc4n3)nc3ccccc3c2=O)CC1)N1CCN(c2ccccc2)CC1. The van der Waals surface area contributed by atoms with Gasteiger partial charge in [-0.2, -0.15) is 0 Å². The lowest BCUT2D eigenvalue weighted by molar-refractivity contribution is -0.137. The van der Waals surface area contributed by atoms with Crippen LogP contribution in [0, 0.1) is 11.8 Å². The number of hydrogen-bond donors (Lipinski definition) is 0. The van der Waals surface area contributed by atoms with E-state index in [1.165, 1.54) is 27.9 Å². The van der Waals surface area contributed by atoms with Crippen molar-refractivity contribution in [2.75, 3.05) is 31.1 Å². The maximum absolute atomic E-state index is 13.8. The summed E-state index contributed by atoms with van der Waals surface area (Å²) in [5.41, 5.74) is 2.70. The Morgan fingerprint density at radius 3 is 2.39 bits per heavy atom. The van der Waals surface area contributed by atoms with E-state index < -0.39 is 0 Å².